The molecule has 0 aromatic heterocycles. The molecule has 2 aromatic carbocycles. The number of hydrogen-bond acceptors (Lipinski definition) is 4. The molecule has 0 atom stereocenters. The van der Waals surface area contributed by atoms with Crippen molar-refractivity contribution in [3.63, 3.8) is 0 Å². The summed E-state index contributed by atoms with van der Waals surface area (Å²) in [5.74, 6) is 1.25. The molecule has 0 aliphatic carbocycles. The second-order valence-electron chi connectivity index (χ2n) is 5.00. The van der Waals surface area contributed by atoms with Gasteiger partial charge in [-0.1, -0.05) is 12.1 Å². The van der Waals surface area contributed by atoms with E-state index in [0.29, 0.717) is 12.3 Å². The molecule has 5 heteroatoms. The number of carbonyl (C=O) groups excluding carboxylic acids is 1. The molecular formula is C19H21NO3S. The average molecular weight is 343 g/mol. The van der Waals surface area contributed by atoms with Gasteiger partial charge in [-0.25, -0.2) is 0 Å². The zero-order valence-corrected chi connectivity index (χ0v) is 14.9. The largest absolute Gasteiger partial charge is 0.497 e. The van der Waals surface area contributed by atoms with Gasteiger partial charge in [-0.2, -0.15) is 0 Å². The van der Waals surface area contributed by atoms with Crippen LogP contribution in [0.25, 0.3) is 6.08 Å². The summed E-state index contributed by atoms with van der Waals surface area (Å²) in [6.45, 7) is 0.391. The van der Waals surface area contributed by atoms with Crippen LogP contribution in [0.1, 0.15) is 11.1 Å². The van der Waals surface area contributed by atoms with E-state index in [1.54, 1.807) is 38.1 Å². The van der Waals surface area contributed by atoms with E-state index in [9.17, 15) is 4.79 Å². The molecule has 2 aromatic rings. The highest BCUT2D eigenvalue weighted by atomic mass is 32.2. The van der Waals surface area contributed by atoms with Gasteiger partial charge in [0.1, 0.15) is 11.5 Å². The van der Waals surface area contributed by atoms with Gasteiger partial charge in [0.05, 0.1) is 14.2 Å². The first-order valence-corrected chi connectivity index (χ1v) is 8.69. The number of rotatable bonds is 7. The van der Waals surface area contributed by atoms with E-state index < -0.39 is 0 Å². The highest BCUT2D eigenvalue weighted by Crippen LogP contribution is 2.24. The number of nitrogens with one attached hydrogen (secondary N) is 1. The lowest BCUT2D eigenvalue weighted by Crippen LogP contribution is -2.20. The summed E-state index contributed by atoms with van der Waals surface area (Å²) in [4.78, 5) is 13.2. The third-order valence-corrected chi connectivity index (χ3v) is 4.23. The van der Waals surface area contributed by atoms with Crippen molar-refractivity contribution in [1.82, 2.24) is 5.32 Å². The minimum absolute atomic E-state index is 0.151. The van der Waals surface area contributed by atoms with Crippen molar-refractivity contribution in [3.05, 3.63) is 59.7 Å². The minimum Gasteiger partial charge on any atom is -0.497 e. The lowest BCUT2D eigenvalue weighted by atomic mass is 10.2. The monoisotopic (exact) mass is 343 g/mol. The summed E-state index contributed by atoms with van der Waals surface area (Å²) in [5.41, 5.74) is 1.88. The topological polar surface area (TPSA) is 47.6 Å². The van der Waals surface area contributed by atoms with Crippen LogP contribution in [0.15, 0.2) is 53.4 Å². The molecule has 0 saturated heterocycles. The van der Waals surface area contributed by atoms with Crippen LogP contribution < -0.4 is 14.8 Å². The number of ether oxygens (including phenoxy) is 2. The van der Waals surface area contributed by atoms with E-state index in [-0.39, 0.29) is 5.91 Å². The molecular weight excluding hydrogens is 322 g/mol. The Bertz CT molecular complexity index is 711. The molecule has 0 heterocycles. The molecule has 1 amide bonds. The number of methoxy groups -OCH3 is 2. The smallest absolute Gasteiger partial charge is 0.244 e. The molecule has 0 unspecified atom stereocenters. The van der Waals surface area contributed by atoms with E-state index in [1.807, 2.05) is 42.7 Å². The van der Waals surface area contributed by atoms with Gasteiger partial charge < -0.3 is 14.8 Å². The van der Waals surface area contributed by atoms with Gasteiger partial charge in [-0.15, -0.1) is 11.8 Å². The minimum atomic E-state index is -0.151. The van der Waals surface area contributed by atoms with E-state index in [4.69, 9.17) is 9.47 Å². The van der Waals surface area contributed by atoms with Crippen LogP contribution in [-0.2, 0) is 11.3 Å². The second-order valence-corrected chi connectivity index (χ2v) is 5.88. The SMILES string of the molecule is COc1ccc(CNC(=O)/C=C/c2ccc(SC)cc2)c(OC)c1. The first kappa shape index (κ1) is 17.9. The number of amides is 1. The predicted octanol–water partition coefficient (Wildman–Crippen LogP) is 3.76. The maximum atomic E-state index is 12.0. The molecule has 126 valence electrons. The Hall–Kier alpha value is -2.40. The third kappa shape index (κ3) is 5.06. The van der Waals surface area contributed by atoms with Crippen LogP contribution in [0.4, 0.5) is 0 Å². The molecule has 0 fully saturated rings. The van der Waals surface area contributed by atoms with Crippen molar-refractivity contribution in [2.45, 2.75) is 11.4 Å². The Kier molecular flexibility index (Phi) is 6.75. The van der Waals surface area contributed by atoms with Gasteiger partial charge in [0.2, 0.25) is 5.91 Å². The number of benzene rings is 2. The van der Waals surface area contributed by atoms with E-state index in [0.717, 1.165) is 16.9 Å². The molecule has 4 nitrogen and oxygen atoms in total. The fourth-order valence-electron chi connectivity index (χ4n) is 2.13. The highest BCUT2D eigenvalue weighted by Gasteiger charge is 2.06. The maximum absolute atomic E-state index is 12.0. The van der Waals surface area contributed by atoms with E-state index >= 15 is 0 Å². The van der Waals surface area contributed by atoms with Crippen molar-refractivity contribution < 1.29 is 14.3 Å². The first-order valence-electron chi connectivity index (χ1n) is 7.47. The van der Waals surface area contributed by atoms with Crippen molar-refractivity contribution >= 4 is 23.7 Å². The van der Waals surface area contributed by atoms with Gasteiger partial charge in [0.15, 0.2) is 0 Å². The molecule has 0 saturated carbocycles. The standard InChI is InChI=1S/C19H21NO3S/c1-22-16-8-7-15(18(12-16)23-2)13-20-19(21)11-6-14-4-9-17(24-3)10-5-14/h4-12H,13H2,1-3H3,(H,20,21)/b11-6+. The Morgan fingerprint density at radius 1 is 1.12 bits per heavy atom. The fourth-order valence-corrected chi connectivity index (χ4v) is 2.53. The third-order valence-electron chi connectivity index (χ3n) is 3.49. The maximum Gasteiger partial charge on any atom is 0.244 e. The van der Waals surface area contributed by atoms with Crippen LogP contribution in [0.2, 0.25) is 0 Å². The van der Waals surface area contributed by atoms with Crippen LogP contribution >= 0.6 is 11.8 Å². The second kappa shape index (κ2) is 9.03. The summed E-state index contributed by atoms with van der Waals surface area (Å²) < 4.78 is 10.5. The predicted molar refractivity (Wildman–Crippen MR) is 98.6 cm³/mol. The van der Waals surface area contributed by atoms with Crippen molar-refractivity contribution in [3.8, 4) is 11.5 Å². The zero-order chi connectivity index (χ0) is 17.4. The van der Waals surface area contributed by atoms with Crippen LogP contribution in [-0.4, -0.2) is 26.4 Å². The summed E-state index contributed by atoms with van der Waals surface area (Å²) in [5, 5.41) is 2.85. The highest BCUT2D eigenvalue weighted by molar-refractivity contribution is 7.98. The number of carbonyl (C=O) groups is 1. The van der Waals surface area contributed by atoms with Crippen molar-refractivity contribution in [2.75, 3.05) is 20.5 Å². The summed E-state index contributed by atoms with van der Waals surface area (Å²) >= 11 is 1.69. The molecule has 2 rings (SSSR count). The molecule has 0 aliphatic heterocycles. The molecule has 0 bridgehead atoms. The number of thioether (sulfide) groups is 1. The molecule has 0 aliphatic rings. The average Bonchev–Trinajstić information content (AvgIpc) is 2.64. The lowest BCUT2D eigenvalue weighted by Gasteiger charge is -2.10. The quantitative estimate of drug-likeness (QED) is 0.614. The van der Waals surface area contributed by atoms with Crippen molar-refractivity contribution in [1.29, 1.82) is 0 Å². The Morgan fingerprint density at radius 3 is 2.50 bits per heavy atom. The normalized spacial score (nSPS) is 10.6. The van der Waals surface area contributed by atoms with Gasteiger partial charge in [-0.3, -0.25) is 4.79 Å². The van der Waals surface area contributed by atoms with E-state index in [2.05, 4.69) is 5.32 Å². The lowest BCUT2D eigenvalue weighted by molar-refractivity contribution is -0.116. The molecule has 24 heavy (non-hydrogen) atoms. The van der Waals surface area contributed by atoms with Gasteiger partial charge >= 0.3 is 0 Å². The number of hydrogen-bond donors (Lipinski definition) is 1. The Morgan fingerprint density at radius 2 is 1.88 bits per heavy atom. The summed E-state index contributed by atoms with van der Waals surface area (Å²) in [6.07, 6.45) is 5.36. The van der Waals surface area contributed by atoms with Crippen molar-refractivity contribution in [2.24, 2.45) is 0 Å². The van der Waals surface area contributed by atoms with Crippen LogP contribution in [0.3, 0.4) is 0 Å². The fraction of sp³-hybridized carbons (Fsp3) is 0.211. The van der Waals surface area contributed by atoms with E-state index in [1.165, 1.54) is 11.0 Å². The van der Waals surface area contributed by atoms with Crippen LogP contribution in [0, 0.1) is 0 Å². The van der Waals surface area contributed by atoms with Gasteiger partial charge in [0.25, 0.3) is 0 Å². The van der Waals surface area contributed by atoms with Gasteiger partial charge in [-0.05, 0) is 42.2 Å². The first-order chi connectivity index (χ1) is 11.7. The zero-order valence-electron chi connectivity index (χ0n) is 14.0. The molecule has 0 spiro atoms. The summed E-state index contributed by atoms with van der Waals surface area (Å²) in [6, 6.07) is 13.6. The molecule has 0 radical (unpaired) electrons. The van der Waals surface area contributed by atoms with Gasteiger partial charge in [0, 0.05) is 29.1 Å². The van der Waals surface area contributed by atoms with Crippen LogP contribution in [0.5, 0.6) is 11.5 Å². The summed E-state index contributed by atoms with van der Waals surface area (Å²) in [7, 11) is 3.20. The molecule has 1 N–H and O–H groups in total. The Labute approximate surface area is 146 Å². The Balaban J connectivity index is 1.94.